The Hall–Kier alpha value is -1.13. The summed E-state index contributed by atoms with van der Waals surface area (Å²) < 4.78 is 14.3. The number of anilines is 1. The molecule has 3 nitrogen and oxygen atoms in total. The predicted octanol–water partition coefficient (Wildman–Crippen LogP) is 2.64. The highest BCUT2D eigenvalue weighted by molar-refractivity contribution is 5.56. The molecule has 0 spiro atoms. The second-order valence-electron chi connectivity index (χ2n) is 5.64. The number of hydrogen-bond acceptors (Lipinski definition) is 3. The molecule has 0 saturated carbocycles. The molecule has 1 fully saturated rings. The van der Waals surface area contributed by atoms with Gasteiger partial charge < -0.3 is 15.1 Å². The lowest BCUT2D eigenvalue weighted by Crippen LogP contribution is -2.45. The van der Waals surface area contributed by atoms with Crippen molar-refractivity contribution in [3.05, 3.63) is 29.6 Å². The lowest BCUT2D eigenvalue weighted by atomic mass is 10.0. The highest BCUT2D eigenvalue weighted by Gasteiger charge is 2.21. The summed E-state index contributed by atoms with van der Waals surface area (Å²) in [5, 5.41) is 3.40. The van der Waals surface area contributed by atoms with Gasteiger partial charge in [0.15, 0.2) is 0 Å². The van der Waals surface area contributed by atoms with Gasteiger partial charge in [0, 0.05) is 43.5 Å². The van der Waals surface area contributed by atoms with Crippen molar-refractivity contribution in [3.8, 4) is 0 Å². The lowest BCUT2D eigenvalue weighted by Gasteiger charge is -2.36. The van der Waals surface area contributed by atoms with Crippen LogP contribution in [-0.4, -0.2) is 44.7 Å². The molecule has 1 aromatic carbocycles. The van der Waals surface area contributed by atoms with Crippen LogP contribution in [0.1, 0.15) is 31.9 Å². The number of hydrogen-bond donors (Lipinski definition) is 1. The van der Waals surface area contributed by atoms with E-state index in [0.717, 1.165) is 50.4 Å². The fraction of sp³-hybridized carbons (Fsp3) is 0.625. The average Bonchev–Trinajstić information content (AvgIpc) is 2.45. The zero-order valence-electron chi connectivity index (χ0n) is 12.8. The molecule has 1 atom stereocenters. The number of likely N-dealkylation sites (N-methyl/N-ethyl adjacent to an activating group) is 1. The Morgan fingerprint density at radius 3 is 2.60 bits per heavy atom. The van der Waals surface area contributed by atoms with Crippen LogP contribution in [0.25, 0.3) is 0 Å². The van der Waals surface area contributed by atoms with E-state index in [2.05, 4.69) is 29.1 Å². The van der Waals surface area contributed by atoms with Gasteiger partial charge in [0.05, 0.1) is 0 Å². The van der Waals surface area contributed by atoms with Crippen LogP contribution in [0.5, 0.6) is 0 Å². The molecule has 1 heterocycles. The zero-order valence-corrected chi connectivity index (χ0v) is 12.8. The quantitative estimate of drug-likeness (QED) is 0.894. The molecule has 1 N–H and O–H groups in total. The predicted molar refractivity (Wildman–Crippen MR) is 82.8 cm³/mol. The fourth-order valence-electron chi connectivity index (χ4n) is 2.74. The highest BCUT2D eigenvalue weighted by Crippen LogP contribution is 2.29. The van der Waals surface area contributed by atoms with Crippen molar-refractivity contribution in [1.82, 2.24) is 10.2 Å². The molecule has 1 aliphatic heterocycles. The molecule has 20 heavy (non-hydrogen) atoms. The highest BCUT2D eigenvalue weighted by atomic mass is 19.1. The van der Waals surface area contributed by atoms with Crippen molar-refractivity contribution in [2.24, 2.45) is 0 Å². The summed E-state index contributed by atoms with van der Waals surface area (Å²) in [5.74, 6) is -0.0995. The molecule has 0 radical (unpaired) electrons. The number of halogens is 1. The first kappa shape index (κ1) is 15.3. The largest absolute Gasteiger partial charge is 0.369 e. The van der Waals surface area contributed by atoms with E-state index in [1.165, 1.54) is 0 Å². The minimum Gasteiger partial charge on any atom is -0.369 e. The van der Waals surface area contributed by atoms with E-state index in [-0.39, 0.29) is 11.9 Å². The van der Waals surface area contributed by atoms with Crippen molar-refractivity contribution < 1.29 is 4.39 Å². The molecule has 1 unspecified atom stereocenters. The average molecular weight is 279 g/mol. The number of rotatable bonds is 5. The smallest absolute Gasteiger partial charge is 0.130 e. The van der Waals surface area contributed by atoms with Gasteiger partial charge in [-0.25, -0.2) is 4.39 Å². The van der Waals surface area contributed by atoms with Crippen LogP contribution in [0.15, 0.2) is 18.2 Å². The summed E-state index contributed by atoms with van der Waals surface area (Å²) >= 11 is 0. The van der Waals surface area contributed by atoms with Crippen LogP contribution < -0.4 is 10.2 Å². The first-order valence-corrected chi connectivity index (χ1v) is 7.58. The summed E-state index contributed by atoms with van der Waals surface area (Å²) in [5.41, 5.74) is 1.86. The maximum absolute atomic E-state index is 14.3. The van der Waals surface area contributed by atoms with E-state index in [1.54, 1.807) is 6.07 Å². The number of nitrogens with zero attached hydrogens (tertiary/aromatic N) is 2. The maximum atomic E-state index is 14.3. The van der Waals surface area contributed by atoms with Gasteiger partial charge in [0.1, 0.15) is 5.82 Å². The Kier molecular flexibility index (Phi) is 5.38. The first-order chi connectivity index (χ1) is 9.63. The van der Waals surface area contributed by atoms with Gasteiger partial charge in [0.2, 0.25) is 0 Å². The fourth-order valence-corrected chi connectivity index (χ4v) is 2.74. The van der Waals surface area contributed by atoms with E-state index in [1.807, 2.05) is 19.1 Å². The maximum Gasteiger partial charge on any atom is 0.130 e. The third kappa shape index (κ3) is 3.49. The molecular weight excluding hydrogens is 253 g/mol. The molecule has 2 rings (SSSR count). The molecule has 0 bridgehead atoms. The van der Waals surface area contributed by atoms with Crippen LogP contribution in [0.4, 0.5) is 10.1 Å². The van der Waals surface area contributed by atoms with Crippen LogP contribution in [-0.2, 0) is 0 Å². The van der Waals surface area contributed by atoms with Crippen molar-refractivity contribution in [1.29, 1.82) is 0 Å². The number of piperazine rings is 1. The topological polar surface area (TPSA) is 18.5 Å². The van der Waals surface area contributed by atoms with E-state index < -0.39 is 0 Å². The summed E-state index contributed by atoms with van der Waals surface area (Å²) in [6.07, 6.45) is 1.06. The van der Waals surface area contributed by atoms with Gasteiger partial charge >= 0.3 is 0 Å². The molecule has 1 aliphatic rings. The normalized spacial score (nSPS) is 18.3. The Balaban J connectivity index is 2.21. The molecule has 1 aromatic rings. The molecule has 1 saturated heterocycles. The van der Waals surface area contributed by atoms with Crippen molar-refractivity contribution in [2.45, 2.75) is 26.3 Å². The molecule has 4 heteroatoms. The van der Waals surface area contributed by atoms with Crippen LogP contribution in [0.2, 0.25) is 0 Å². The van der Waals surface area contributed by atoms with Gasteiger partial charge in [-0.2, -0.15) is 0 Å². The van der Waals surface area contributed by atoms with E-state index in [4.69, 9.17) is 0 Å². The third-order valence-electron chi connectivity index (χ3n) is 4.01. The second kappa shape index (κ2) is 7.04. The van der Waals surface area contributed by atoms with E-state index in [9.17, 15) is 4.39 Å². The molecule has 0 aliphatic carbocycles. The van der Waals surface area contributed by atoms with Gasteiger partial charge in [-0.1, -0.05) is 13.0 Å². The lowest BCUT2D eigenvalue weighted by molar-refractivity contribution is 0.312. The Labute approximate surface area is 121 Å². The van der Waals surface area contributed by atoms with E-state index in [0.29, 0.717) is 0 Å². The van der Waals surface area contributed by atoms with Gasteiger partial charge in [-0.3, -0.25) is 0 Å². The molecule has 0 aromatic heterocycles. The summed E-state index contributed by atoms with van der Waals surface area (Å²) in [6.45, 7) is 9.09. The summed E-state index contributed by atoms with van der Waals surface area (Å²) in [6, 6.07) is 5.48. The Morgan fingerprint density at radius 2 is 1.95 bits per heavy atom. The van der Waals surface area contributed by atoms with Crippen molar-refractivity contribution in [2.75, 3.05) is 44.7 Å². The first-order valence-electron chi connectivity index (χ1n) is 7.58. The van der Waals surface area contributed by atoms with Crippen molar-refractivity contribution in [3.63, 3.8) is 0 Å². The van der Waals surface area contributed by atoms with Gasteiger partial charge in [0.25, 0.3) is 0 Å². The second-order valence-corrected chi connectivity index (χ2v) is 5.64. The minimum atomic E-state index is -0.0995. The van der Waals surface area contributed by atoms with Crippen molar-refractivity contribution >= 4 is 5.69 Å². The summed E-state index contributed by atoms with van der Waals surface area (Å²) in [4.78, 5) is 4.62. The molecule has 112 valence electrons. The molecular formula is C16H26FN3. The van der Waals surface area contributed by atoms with E-state index >= 15 is 0 Å². The SMILES string of the molecule is CCCNC(C)c1c(F)cccc1N1CCN(C)CC1. The summed E-state index contributed by atoms with van der Waals surface area (Å²) in [7, 11) is 2.13. The van der Waals surface area contributed by atoms with Gasteiger partial charge in [-0.05, 0) is 39.1 Å². The van der Waals surface area contributed by atoms with Crippen LogP contribution >= 0.6 is 0 Å². The zero-order chi connectivity index (χ0) is 14.5. The van der Waals surface area contributed by atoms with Gasteiger partial charge in [-0.15, -0.1) is 0 Å². The Morgan fingerprint density at radius 1 is 1.25 bits per heavy atom. The third-order valence-corrected chi connectivity index (χ3v) is 4.01. The number of benzene rings is 1. The molecule has 0 amide bonds. The monoisotopic (exact) mass is 279 g/mol. The standard InChI is InChI=1S/C16H26FN3/c1-4-8-18-13(2)16-14(17)6-5-7-15(16)20-11-9-19(3)10-12-20/h5-7,13,18H,4,8-12H2,1-3H3. The van der Waals surface area contributed by atoms with Crippen LogP contribution in [0.3, 0.4) is 0 Å². The van der Waals surface area contributed by atoms with Crippen LogP contribution in [0, 0.1) is 5.82 Å². The number of nitrogens with one attached hydrogen (secondary N) is 1. The minimum absolute atomic E-state index is 0.0470. The Bertz CT molecular complexity index is 428.